The van der Waals surface area contributed by atoms with Crippen LogP contribution in [0.5, 0.6) is 0 Å². The monoisotopic (exact) mass is 286 g/mol. The van der Waals surface area contributed by atoms with Crippen LogP contribution < -0.4 is 0 Å². The Labute approximate surface area is 117 Å². The molecule has 0 aliphatic heterocycles. The first-order valence-electron chi connectivity index (χ1n) is 5.66. The molecule has 1 aromatic heterocycles. The molecule has 0 saturated heterocycles. The fourth-order valence-electron chi connectivity index (χ4n) is 1.71. The molecule has 0 fully saturated rings. The van der Waals surface area contributed by atoms with Crippen molar-refractivity contribution < 1.29 is 4.74 Å². The largest absolute Gasteiger partial charge is 0.478 e. The SMILES string of the molecule is Cl.N=C(OCCCCCl)c1c[nH]c2ccccc12. The van der Waals surface area contributed by atoms with Crippen molar-refractivity contribution in [2.75, 3.05) is 12.5 Å². The maximum atomic E-state index is 7.89. The molecule has 3 nitrogen and oxygen atoms in total. The van der Waals surface area contributed by atoms with Gasteiger partial charge in [0.05, 0.1) is 12.2 Å². The van der Waals surface area contributed by atoms with Gasteiger partial charge in [-0.25, -0.2) is 0 Å². The van der Waals surface area contributed by atoms with Crippen molar-refractivity contribution in [2.24, 2.45) is 0 Å². The second-order valence-corrected chi connectivity index (χ2v) is 4.20. The minimum absolute atomic E-state index is 0. The van der Waals surface area contributed by atoms with E-state index in [1.807, 2.05) is 30.5 Å². The standard InChI is InChI=1S/C13H15ClN2O.ClH/c14-7-3-4-8-17-13(15)11-9-16-12-6-2-1-5-10(11)12;/h1-2,5-6,9,15-16H,3-4,7-8H2;1H. The smallest absolute Gasteiger partial charge is 0.215 e. The van der Waals surface area contributed by atoms with Gasteiger partial charge in [-0.15, -0.1) is 24.0 Å². The number of ether oxygens (including phenoxy) is 1. The number of para-hydroxylation sites is 1. The Balaban J connectivity index is 0.00000162. The molecule has 1 heterocycles. The molecule has 0 bridgehead atoms. The van der Waals surface area contributed by atoms with Crippen LogP contribution in [0.4, 0.5) is 0 Å². The molecule has 0 aliphatic carbocycles. The van der Waals surface area contributed by atoms with Crippen molar-refractivity contribution in [1.29, 1.82) is 5.41 Å². The second kappa shape index (κ2) is 7.29. The first-order valence-corrected chi connectivity index (χ1v) is 6.20. The number of benzene rings is 1. The molecule has 5 heteroatoms. The molecule has 2 N–H and O–H groups in total. The van der Waals surface area contributed by atoms with Crippen molar-refractivity contribution in [2.45, 2.75) is 12.8 Å². The Morgan fingerprint density at radius 1 is 1.28 bits per heavy atom. The summed E-state index contributed by atoms with van der Waals surface area (Å²) in [5, 5.41) is 8.91. The molecule has 98 valence electrons. The number of nitrogens with one attached hydrogen (secondary N) is 2. The van der Waals surface area contributed by atoms with Gasteiger partial charge >= 0.3 is 0 Å². The van der Waals surface area contributed by atoms with Gasteiger partial charge in [-0.3, -0.25) is 5.41 Å². The third kappa shape index (κ3) is 3.40. The van der Waals surface area contributed by atoms with Crippen LogP contribution in [0.1, 0.15) is 18.4 Å². The molecule has 0 radical (unpaired) electrons. The van der Waals surface area contributed by atoms with Gasteiger partial charge in [0.2, 0.25) is 5.90 Å². The number of H-pyrrole nitrogens is 1. The third-order valence-corrected chi connectivity index (χ3v) is 2.88. The predicted molar refractivity (Wildman–Crippen MR) is 78.3 cm³/mol. The van der Waals surface area contributed by atoms with Crippen molar-refractivity contribution in [3.05, 3.63) is 36.0 Å². The summed E-state index contributed by atoms with van der Waals surface area (Å²) in [5.74, 6) is 0.862. The third-order valence-electron chi connectivity index (χ3n) is 2.61. The Morgan fingerprint density at radius 2 is 2.06 bits per heavy atom. The summed E-state index contributed by atoms with van der Waals surface area (Å²) < 4.78 is 5.40. The van der Waals surface area contributed by atoms with Gasteiger partial charge < -0.3 is 9.72 Å². The van der Waals surface area contributed by atoms with E-state index in [9.17, 15) is 0 Å². The minimum Gasteiger partial charge on any atom is -0.478 e. The van der Waals surface area contributed by atoms with Crippen LogP contribution in [-0.4, -0.2) is 23.4 Å². The van der Waals surface area contributed by atoms with E-state index in [-0.39, 0.29) is 18.3 Å². The maximum Gasteiger partial charge on any atom is 0.215 e. The molecular formula is C13H16Cl2N2O. The van der Waals surface area contributed by atoms with Crippen molar-refractivity contribution in [1.82, 2.24) is 4.98 Å². The van der Waals surface area contributed by atoms with Crippen LogP contribution in [0.15, 0.2) is 30.5 Å². The molecule has 0 atom stereocenters. The van der Waals surface area contributed by atoms with E-state index in [0.29, 0.717) is 12.5 Å². The minimum atomic E-state index is 0. The Hall–Kier alpha value is -1.19. The molecule has 1 aromatic carbocycles. The lowest BCUT2D eigenvalue weighted by Gasteiger charge is -2.05. The summed E-state index contributed by atoms with van der Waals surface area (Å²) in [6.07, 6.45) is 3.62. The number of alkyl halides is 1. The zero-order valence-corrected chi connectivity index (χ0v) is 11.5. The van der Waals surface area contributed by atoms with E-state index < -0.39 is 0 Å². The molecular weight excluding hydrogens is 271 g/mol. The second-order valence-electron chi connectivity index (χ2n) is 3.82. The number of hydrogen-bond donors (Lipinski definition) is 2. The van der Waals surface area contributed by atoms with Gasteiger partial charge in [0.15, 0.2) is 0 Å². The Kier molecular flexibility index (Phi) is 6.02. The highest BCUT2D eigenvalue weighted by Gasteiger charge is 2.08. The molecule has 0 amide bonds. The van der Waals surface area contributed by atoms with E-state index >= 15 is 0 Å². The lowest BCUT2D eigenvalue weighted by atomic mass is 10.2. The van der Waals surface area contributed by atoms with Crippen molar-refractivity contribution >= 4 is 40.8 Å². The summed E-state index contributed by atoms with van der Waals surface area (Å²) in [6, 6.07) is 7.89. The number of halogens is 2. The zero-order chi connectivity index (χ0) is 12.1. The van der Waals surface area contributed by atoms with Gasteiger partial charge in [0.1, 0.15) is 0 Å². The van der Waals surface area contributed by atoms with Gasteiger partial charge in [-0.1, -0.05) is 18.2 Å². The summed E-state index contributed by atoms with van der Waals surface area (Å²) >= 11 is 5.58. The fraction of sp³-hybridized carbons (Fsp3) is 0.308. The predicted octanol–water partition coefficient (Wildman–Crippen LogP) is 3.95. The molecule has 0 saturated carbocycles. The van der Waals surface area contributed by atoms with Crippen LogP contribution in [0.3, 0.4) is 0 Å². The van der Waals surface area contributed by atoms with Crippen LogP contribution in [-0.2, 0) is 4.74 Å². The molecule has 2 aromatic rings. The fourth-order valence-corrected chi connectivity index (χ4v) is 1.90. The van der Waals surface area contributed by atoms with E-state index in [1.54, 1.807) is 0 Å². The average Bonchev–Trinajstić information content (AvgIpc) is 2.78. The van der Waals surface area contributed by atoms with Crippen molar-refractivity contribution in [3.8, 4) is 0 Å². The maximum absolute atomic E-state index is 7.89. The lowest BCUT2D eigenvalue weighted by Crippen LogP contribution is -2.06. The van der Waals surface area contributed by atoms with E-state index in [4.69, 9.17) is 21.7 Å². The molecule has 0 aliphatic rings. The quantitative estimate of drug-likeness (QED) is 0.372. The highest BCUT2D eigenvalue weighted by Crippen LogP contribution is 2.18. The highest BCUT2D eigenvalue weighted by atomic mass is 35.5. The number of aromatic nitrogens is 1. The lowest BCUT2D eigenvalue weighted by molar-refractivity contribution is 0.296. The Morgan fingerprint density at radius 3 is 2.83 bits per heavy atom. The zero-order valence-electron chi connectivity index (χ0n) is 9.91. The summed E-state index contributed by atoms with van der Waals surface area (Å²) in [6.45, 7) is 0.547. The van der Waals surface area contributed by atoms with E-state index in [2.05, 4.69) is 4.98 Å². The van der Waals surface area contributed by atoms with Crippen LogP contribution in [0, 0.1) is 5.41 Å². The van der Waals surface area contributed by atoms with Crippen LogP contribution in [0.25, 0.3) is 10.9 Å². The van der Waals surface area contributed by atoms with Crippen LogP contribution in [0.2, 0.25) is 0 Å². The summed E-state index contributed by atoms with van der Waals surface area (Å²) in [4.78, 5) is 3.13. The average molecular weight is 287 g/mol. The number of aromatic amines is 1. The Bertz CT molecular complexity index is 510. The van der Waals surface area contributed by atoms with Gasteiger partial charge in [-0.2, -0.15) is 0 Å². The molecule has 0 unspecified atom stereocenters. The van der Waals surface area contributed by atoms with Gasteiger partial charge in [0, 0.05) is 23.0 Å². The van der Waals surface area contributed by atoms with Crippen LogP contribution >= 0.6 is 24.0 Å². The van der Waals surface area contributed by atoms with Gasteiger partial charge in [0.25, 0.3) is 0 Å². The summed E-state index contributed by atoms with van der Waals surface area (Å²) in [7, 11) is 0. The molecule has 0 spiro atoms. The normalized spacial score (nSPS) is 10.1. The first kappa shape index (κ1) is 14.9. The number of fused-ring (bicyclic) bond motifs is 1. The summed E-state index contributed by atoms with van der Waals surface area (Å²) in [5.41, 5.74) is 1.84. The first-order chi connectivity index (χ1) is 8.33. The van der Waals surface area contributed by atoms with E-state index in [1.165, 1.54) is 0 Å². The van der Waals surface area contributed by atoms with Gasteiger partial charge in [-0.05, 0) is 18.9 Å². The number of rotatable bonds is 5. The topological polar surface area (TPSA) is 48.9 Å². The number of hydrogen-bond acceptors (Lipinski definition) is 2. The molecule has 2 rings (SSSR count). The van der Waals surface area contributed by atoms with Crippen molar-refractivity contribution in [3.63, 3.8) is 0 Å². The molecule has 18 heavy (non-hydrogen) atoms. The number of unbranched alkanes of at least 4 members (excludes halogenated alkanes) is 1. The highest BCUT2D eigenvalue weighted by molar-refractivity contribution is 6.17. The van der Waals surface area contributed by atoms with E-state index in [0.717, 1.165) is 29.3 Å².